The lowest BCUT2D eigenvalue weighted by Crippen LogP contribution is -2.30. The summed E-state index contributed by atoms with van der Waals surface area (Å²) in [5.74, 6) is -1.09. The van der Waals surface area contributed by atoms with Crippen LogP contribution in [0.25, 0.3) is 0 Å². The molecule has 8 heteroatoms. The number of alkyl halides is 3. The Kier molecular flexibility index (Phi) is 4.95. The first-order valence-electron chi connectivity index (χ1n) is 5.46. The average Bonchev–Trinajstić information content (AvgIpc) is 2.35. The first kappa shape index (κ1) is 15.8. The smallest absolute Gasteiger partial charge is 0.422 e. The zero-order chi connectivity index (χ0) is 15.3. The summed E-state index contributed by atoms with van der Waals surface area (Å²) in [4.78, 5) is 22.9. The zero-order valence-electron chi connectivity index (χ0n) is 10.5. The summed E-state index contributed by atoms with van der Waals surface area (Å²) >= 11 is 0. The number of hydrogen-bond acceptors (Lipinski definition) is 3. The van der Waals surface area contributed by atoms with E-state index in [1.54, 1.807) is 0 Å². The molecule has 0 aliphatic rings. The van der Waals surface area contributed by atoms with Gasteiger partial charge in [0.2, 0.25) is 0 Å². The fourth-order valence-electron chi connectivity index (χ4n) is 1.34. The molecule has 0 aliphatic carbocycles. The molecular weight excluding hydrogens is 279 g/mol. The molecule has 0 heterocycles. The number of nitrogens with zero attached hydrogens (tertiary/aromatic N) is 1. The molecule has 1 aromatic rings. The fraction of sp³-hybridized carbons (Fsp3) is 0.333. The first-order chi connectivity index (χ1) is 9.19. The number of amides is 1. The normalized spacial score (nSPS) is 11.0. The molecule has 0 saturated heterocycles. The molecule has 0 spiro atoms. The van der Waals surface area contributed by atoms with Gasteiger partial charge in [-0.3, -0.25) is 0 Å². The predicted octanol–water partition coefficient (Wildman–Crippen LogP) is 2.52. The van der Waals surface area contributed by atoms with E-state index in [0.29, 0.717) is 5.56 Å². The molecule has 1 amide bonds. The van der Waals surface area contributed by atoms with Gasteiger partial charge in [-0.15, -0.1) is 0 Å². The van der Waals surface area contributed by atoms with Crippen LogP contribution in [0.2, 0.25) is 0 Å². The second-order valence-electron chi connectivity index (χ2n) is 4.03. The van der Waals surface area contributed by atoms with Gasteiger partial charge in [0.25, 0.3) is 0 Å². The molecular formula is C12H12F3NO4. The van der Waals surface area contributed by atoms with Crippen LogP contribution in [-0.4, -0.2) is 41.9 Å². The summed E-state index contributed by atoms with van der Waals surface area (Å²) in [5.41, 5.74) is 0.650. The lowest BCUT2D eigenvalue weighted by Gasteiger charge is -2.17. The molecule has 1 N–H and O–H groups in total. The Morgan fingerprint density at radius 1 is 1.25 bits per heavy atom. The highest BCUT2D eigenvalue weighted by atomic mass is 19.4. The number of carboxylic acids is 1. The van der Waals surface area contributed by atoms with Crippen LogP contribution in [0.5, 0.6) is 0 Å². The number of ether oxygens (including phenoxy) is 1. The summed E-state index contributed by atoms with van der Waals surface area (Å²) in [5, 5.41) is 8.70. The quantitative estimate of drug-likeness (QED) is 0.925. The van der Waals surface area contributed by atoms with Gasteiger partial charge in [0, 0.05) is 13.6 Å². The SMILES string of the molecule is CN(Cc1ccc(C(=O)O)cc1)C(=O)OCC(F)(F)F. The third-order valence-electron chi connectivity index (χ3n) is 2.29. The maximum Gasteiger partial charge on any atom is 0.422 e. The van der Waals surface area contributed by atoms with Crippen LogP contribution in [0.3, 0.4) is 0 Å². The maximum absolute atomic E-state index is 11.9. The van der Waals surface area contributed by atoms with Crippen molar-refractivity contribution in [1.82, 2.24) is 4.90 Å². The van der Waals surface area contributed by atoms with Crippen molar-refractivity contribution in [2.24, 2.45) is 0 Å². The molecule has 0 atom stereocenters. The minimum Gasteiger partial charge on any atom is -0.478 e. The summed E-state index contributed by atoms with van der Waals surface area (Å²) in [6.07, 6.45) is -5.68. The molecule has 1 rings (SSSR count). The van der Waals surface area contributed by atoms with E-state index in [1.807, 2.05) is 0 Å². The van der Waals surface area contributed by atoms with Crippen LogP contribution in [0, 0.1) is 0 Å². The minimum absolute atomic E-state index is 0.0105. The Morgan fingerprint density at radius 3 is 2.25 bits per heavy atom. The molecule has 0 unspecified atom stereocenters. The van der Waals surface area contributed by atoms with Crippen molar-refractivity contribution in [3.8, 4) is 0 Å². The van der Waals surface area contributed by atoms with E-state index in [1.165, 1.54) is 31.3 Å². The highest BCUT2D eigenvalue weighted by molar-refractivity contribution is 5.87. The van der Waals surface area contributed by atoms with Crippen LogP contribution in [0.4, 0.5) is 18.0 Å². The molecule has 0 bridgehead atoms. The van der Waals surface area contributed by atoms with Gasteiger partial charge in [-0.2, -0.15) is 13.2 Å². The molecule has 1 aromatic carbocycles. The Balaban J connectivity index is 2.55. The highest BCUT2D eigenvalue weighted by Gasteiger charge is 2.30. The van der Waals surface area contributed by atoms with Gasteiger partial charge in [-0.25, -0.2) is 9.59 Å². The van der Waals surface area contributed by atoms with Gasteiger partial charge in [0.1, 0.15) is 0 Å². The molecule has 0 aliphatic heterocycles. The predicted molar refractivity (Wildman–Crippen MR) is 62.3 cm³/mol. The van der Waals surface area contributed by atoms with Crippen molar-refractivity contribution in [2.75, 3.05) is 13.7 Å². The third kappa shape index (κ3) is 5.17. The zero-order valence-corrected chi connectivity index (χ0v) is 10.5. The number of hydrogen-bond donors (Lipinski definition) is 1. The molecule has 0 radical (unpaired) electrons. The monoisotopic (exact) mass is 291 g/mol. The van der Waals surface area contributed by atoms with Crippen LogP contribution >= 0.6 is 0 Å². The maximum atomic E-state index is 11.9. The van der Waals surface area contributed by atoms with Crippen molar-refractivity contribution in [3.05, 3.63) is 35.4 Å². The number of carboxylic acid groups (broad SMARTS) is 1. The van der Waals surface area contributed by atoms with E-state index < -0.39 is 24.8 Å². The largest absolute Gasteiger partial charge is 0.478 e. The molecule has 0 aromatic heterocycles. The minimum atomic E-state index is -4.57. The van der Waals surface area contributed by atoms with Crippen molar-refractivity contribution in [1.29, 1.82) is 0 Å². The number of aromatic carboxylic acids is 1. The molecule has 20 heavy (non-hydrogen) atoms. The summed E-state index contributed by atoms with van der Waals surface area (Å²) in [7, 11) is 1.28. The van der Waals surface area contributed by atoms with E-state index in [2.05, 4.69) is 4.74 Å². The van der Waals surface area contributed by atoms with Gasteiger partial charge >= 0.3 is 18.2 Å². The van der Waals surface area contributed by atoms with E-state index in [0.717, 1.165) is 4.90 Å². The van der Waals surface area contributed by atoms with Gasteiger partial charge in [0.05, 0.1) is 5.56 Å². The first-order valence-corrected chi connectivity index (χ1v) is 5.46. The highest BCUT2D eigenvalue weighted by Crippen LogP contribution is 2.15. The number of rotatable bonds is 4. The van der Waals surface area contributed by atoms with Crippen LogP contribution in [-0.2, 0) is 11.3 Å². The molecule has 110 valence electrons. The van der Waals surface area contributed by atoms with Crippen molar-refractivity contribution >= 4 is 12.1 Å². The van der Waals surface area contributed by atoms with Crippen molar-refractivity contribution < 1.29 is 32.6 Å². The number of benzene rings is 1. The number of halogens is 3. The van der Waals surface area contributed by atoms with Gasteiger partial charge in [0.15, 0.2) is 6.61 Å². The summed E-state index contributed by atoms with van der Waals surface area (Å²) in [6.45, 7) is -1.63. The Bertz CT molecular complexity index is 484. The second kappa shape index (κ2) is 6.27. The Morgan fingerprint density at radius 2 is 1.80 bits per heavy atom. The lowest BCUT2D eigenvalue weighted by molar-refractivity contribution is -0.162. The summed E-state index contributed by atoms with van der Waals surface area (Å²) < 4.78 is 39.7. The lowest BCUT2D eigenvalue weighted by atomic mass is 10.1. The van der Waals surface area contributed by atoms with Gasteiger partial charge < -0.3 is 14.7 Å². The Hall–Kier alpha value is -2.25. The fourth-order valence-corrected chi connectivity index (χ4v) is 1.34. The van der Waals surface area contributed by atoms with Gasteiger partial charge in [-0.05, 0) is 17.7 Å². The standard InChI is InChI=1S/C12H12F3NO4/c1-16(11(19)20-7-12(13,14)15)6-8-2-4-9(5-3-8)10(17)18/h2-5H,6-7H2,1H3,(H,17,18). The van der Waals surface area contributed by atoms with Crippen molar-refractivity contribution in [3.63, 3.8) is 0 Å². The third-order valence-corrected chi connectivity index (χ3v) is 2.29. The van der Waals surface area contributed by atoms with Crippen LogP contribution < -0.4 is 0 Å². The number of carbonyl (C=O) groups excluding carboxylic acids is 1. The van der Waals surface area contributed by atoms with Crippen molar-refractivity contribution in [2.45, 2.75) is 12.7 Å². The molecule has 0 fully saturated rings. The topological polar surface area (TPSA) is 66.8 Å². The van der Waals surface area contributed by atoms with Gasteiger partial charge in [-0.1, -0.05) is 12.1 Å². The summed E-state index contributed by atoms with van der Waals surface area (Å²) in [6, 6.07) is 5.62. The Labute approximate surface area is 112 Å². The molecule has 5 nitrogen and oxygen atoms in total. The van der Waals surface area contributed by atoms with E-state index in [4.69, 9.17) is 5.11 Å². The number of carbonyl (C=O) groups is 2. The van der Waals surface area contributed by atoms with E-state index in [9.17, 15) is 22.8 Å². The van der Waals surface area contributed by atoms with Crippen LogP contribution in [0.1, 0.15) is 15.9 Å². The van der Waals surface area contributed by atoms with E-state index >= 15 is 0 Å². The average molecular weight is 291 g/mol. The second-order valence-corrected chi connectivity index (χ2v) is 4.03. The molecule has 0 saturated carbocycles. The van der Waals surface area contributed by atoms with Crippen LogP contribution in [0.15, 0.2) is 24.3 Å². The van der Waals surface area contributed by atoms with E-state index in [-0.39, 0.29) is 12.1 Å².